The number of carbonyl (C=O) groups excluding carboxylic acids is 1. The molecule has 0 radical (unpaired) electrons. The topological polar surface area (TPSA) is 80.4 Å². The number of aliphatic hydroxyl groups is 1. The summed E-state index contributed by atoms with van der Waals surface area (Å²) in [5, 5.41) is 17.7. The molecule has 0 bridgehead atoms. The van der Waals surface area contributed by atoms with E-state index in [0.29, 0.717) is 0 Å². The first-order valence-corrected chi connectivity index (χ1v) is 1.92. The van der Waals surface area contributed by atoms with Gasteiger partial charge in [0.25, 0.3) is 0 Å². The maximum atomic E-state index is 9.49. The largest absolute Gasteiger partial charge is 0.379 e. The van der Waals surface area contributed by atoms with Gasteiger partial charge >= 0.3 is 0 Å². The van der Waals surface area contributed by atoms with Crippen molar-refractivity contribution in [2.45, 2.75) is 6.10 Å². The predicted octanol–water partition coefficient (Wildman–Crippen LogP) is -1.18. The molecule has 5 nitrogen and oxygen atoms in total. The van der Waals surface area contributed by atoms with Crippen molar-refractivity contribution in [1.82, 2.24) is 0 Å². The van der Waals surface area contributed by atoms with E-state index in [1.54, 1.807) is 0 Å². The molecule has 46 valence electrons. The van der Waals surface area contributed by atoms with Crippen molar-refractivity contribution in [2.24, 2.45) is 0 Å². The fraction of sp³-hybridized carbons (Fsp3) is 0.667. The molecule has 1 unspecified atom stereocenters. The van der Waals surface area contributed by atoms with Crippen LogP contribution in [0.5, 0.6) is 0 Å². The average molecular weight is 119 g/mol. The molecule has 0 aliphatic carbocycles. The Kier molecular flexibility index (Phi) is 2.71. The highest BCUT2D eigenvalue weighted by atomic mass is 16.6. The van der Waals surface area contributed by atoms with Crippen molar-refractivity contribution in [3.05, 3.63) is 10.1 Å². The van der Waals surface area contributed by atoms with Crippen molar-refractivity contribution in [3.63, 3.8) is 0 Å². The Morgan fingerprint density at radius 2 is 2.38 bits per heavy atom. The summed E-state index contributed by atoms with van der Waals surface area (Å²) in [5.74, 6) is 0. The molecule has 0 saturated heterocycles. The fourth-order valence-corrected chi connectivity index (χ4v) is 0.196. The molecule has 0 saturated carbocycles. The summed E-state index contributed by atoms with van der Waals surface area (Å²) in [5.41, 5.74) is 0. The molecular weight excluding hydrogens is 114 g/mol. The minimum atomic E-state index is -1.45. The Morgan fingerprint density at radius 1 is 1.88 bits per heavy atom. The van der Waals surface area contributed by atoms with Crippen molar-refractivity contribution < 1.29 is 14.8 Å². The summed E-state index contributed by atoms with van der Waals surface area (Å²) < 4.78 is 0. The highest BCUT2D eigenvalue weighted by Crippen LogP contribution is 1.75. The van der Waals surface area contributed by atoms with Crippen LogP contribution in [-0.4, -0.2) is 29.0 Å². The molecule has 8 heavy (non-hydrogen) atoms. The Hall–Kier alpha value is -0.970. The lowest BCUT2D eigenvalue weighted by molar-refractivity contribution is -0.487. The van der Waals surface area contributed by atoms with Gasteiger partial charge in [-0.1, -0.05) is 0 Å². The third-order valence-corrected chi connectivity index (χ3v) is 0.493. The van der Waals surface area contributed by atoms with Gasteiger partial charge in [-0.3, -0.25) is 10.1 Å². The van der Waals surface area contributed by atoms with Gasteiger partial charge in [0.15, 0.2) is 12.4 Å². The number of hydrogen-bond donors (Lipinski definition) is 1. The van der Waals surface area contributed by atoms with Gasteiger partial charge in [0.05, 0.1) is 0 Å². The zero-order chi connectivity index (χ0) is 6.57. The quantitative estimate of drug-likeness (QED) is 0.288. The number of hydrogen-bond acceptors (Lipinski definition) is 4. The minimum absolute atomic E-state index is 0.128. The second-order valence-corrected chi connectivity index (χ2v) is 1.22. The summed E-state index contributed by atoms with van der Waals surface area (Å²) >= 11 is 0. The monoisotopic (exact) mass is 119 g/mol. The molecule has 0 aromatic rings. The number of rotatable bonds is 3. The van der Waals surface area contributed by atoms with Crippen LogP contribution in [0.25, 0.3) is 0 Å². The van der Waals surface area contributed by atoms with Gasteiger partial charge in [0, 0.05) is 4.92 Å². The normalized spacial score (nSPS) is 12.6. The Morgan fingerprint density at radius 3 is 2.50 bits per heavy atom. The predicted molar refractivity (Wildman–Crippen MR) is 23.9 cm³/mol. The lowest BCUT2D eigenvalue weighted by Crippen LogP contribution is -2.20. The van der Waals surface area contributed by atoms with E-state index in [1.165, 1.54) is 0 Å². The second kappa shape index (κ2) is 3.09. The second-order valence-electron chi connectivity index (χ2n) is 1.22. The van der Waals surface area contributed by atoms with Crippen LogP contribution >= 0.6 is 0 Å². The van der Waals surface area contributed by atoms with E-state index in [4.69, 9.17) is 5.11 Å². The average Bonchev–Trinajstić information content (AvgIpc) is 1.65. The Labute approximate surface area is 45.1 Å². The maximum absolute atomic E-state index is 9.49. The van der Waals surface area contributed by atoms with E-state index in [-0.39, 0.29) is 6.29 Å². The molecule has 0 spiro atoms. The van der Waals surface area contributed by atoms with Gasteiger partial charge in [-0.2, -0.15) is 0 Å². The van der Waals surface area contributed by atoms with Gasteiger partial charge in [0.2, 0.25) is 6.54 Å². The molecule has 0 heterocycles. The molecule has 0 aliphatic heterocycles. The number of aldehydes is 1. The molecule has 1 N–H and O–H groups in total. The van der Waals surface area contributed by atoms with E-state index < -0.39 is 17.6 Å². The van der Waals surface area contributed by atoms with Crippen molar-refractivity contribution in [1.29, 1.82) is 0 Å². The first-order valence-electron chi connectivity index (χ1n) is 1.92. The van der Waals surface area contributed by atoms with E-state index in [2.05, 4.69) is 0 Å². The Balaban J connectivity index is 3.38. The van der Waals surface area contributed by atoms with Crippen molar-refractivity contribution >= 4 is 6.29 Å². The van der Waals surface area contributed by atoms with E-state index in [0.717, 1.165) is 0 Å². The lowest BCUT2D eigenvalue weighted by atomic mass is 10.4. The van der Waals surface area contributed by atoms with Gasteiger partial charge in [-0.25, -0.2) is 0 Å². The van der Waals surface area contributed by atoms with Crippen LogP contribution in [0.15, 0.2) is 0 Å². The van der Waals surface area contributed by atoms with Crippen molar-refractivity contribution in [2.75, 3.05) is 6.54 Å². The lowest BCUT2D eigenvalue weighted by Gasteiger charge is -1.91. The van der Waals surface area contributed by atoms with Crippen LogP contribution in [0.1, 0.15) is 0 Å². The van der Waals surface area contributed by atoms with Crippen LogP contribution in [0.4, 0.5) is 0 Å². The first kappa shape index (κ1) is 7.03. The molecule has 5 heteroatoms. The van der Waals surface area contributed by atoms with Crippen LogP contribution in [-0.2, 0) is 4.79 Å². The number of nitro groups is 1. The fourth-order valence-electron chi connectivity index (χ4n) is 0.196. The first-order chi connectivity index (χ1) is 3.66. The number of nitrogens with zero attached hydrogens (tertiary/aromatic N) is 1. The highest BCUT2D eigenvalue weighted by Gasteiger charge is 2.07. The third-order valence-electron chi connectivity index (χ3n) is 0.493. The van der Waals surface area contributed by atoms with Gasteiger partial charge in [0.1, 0.15) is 0 Å². The summed E-state index contributed by atoms with van der Waals surface area (Å²) in [6.07, 6.45) is -1.33. The van der Waals surface area contributed by atoms with Crippen LogP contribution < -0.4 is 0 Å². The smallest absolute Gasteiger partial charge is 0.236 e. The molecular formula is C3H5NO4. The van der Waals surface area contributed by atoms with Crippen LogP contribution in [0.2, 0.25) is 0 Å². The zero-order valence-corrected chi connectivity index (χ0v) is 3.98. The molecule has 0 aromatic carbocycles. The highest BCUT2D eigenvalue weighted by molar-refractivity contribution is 5.55. The Bertz CT molecular complexity index is 101. The molecule has 0 amide bonds. The van der Waals surface area contributed by atoms with Crippen molar-refractivity contribution in [3.8, 4) is 0 Å². The minimum Gasteiger partial charge on any atom is -0.379 e. The summed E-state index contributed by atoms with van der Waals surface area (Å²) in [6.45, 7) is -0.705. The molecule has 0 aromatic heterocycles. The number of carbonyl (C=O) groups is 1. The van der Waals surface area contributed by atoms with Gasteiger partial charge in [-0.15, -0.1) is 0 Å². The van der Waals surface area contributed by atoms with E-state index in [1.807, 2.05) is 0 Å². The third kappa shape index (κ3) is 3.23. The molecule has 1 atom stereocenters. The summed E-state index contributed by atoms with van der Waals surface area (Å²) in [7, 11) is 0. The maximum Gasteiger partial charge on any atom is 0.236 e. The summed E-state index contributed by atoms with van der Waals surface area (Å²) in [4.78, 5) is 18.2. The van der Waals surface area contributed by atoms with Gasteiger partial charge < -0.3 is 9.90 Å². The van der Waals surface area contributed by atoms with Crippen LogP contribution in [0, 0.1) is 10.1 Å². The SMILES string of the molecule is O=CC(O)C[N+](=O)[O-]. The summed E-state index contributed by atoms with van der Waals surface area (Å²) in [6, 6.07) is 0. The molecule has 0 fully saturated rings. The van der Waals surface area contributed by atoms with E-state index >= 15 is 0 Å². The van der Waals surface area contributed by atoms with Gasteiger partial charge in [-0.05, 0) is 0 Å². The molecule has 0 rings (SSSR count). The van der Waals surface area contributed by atoms with E-state index in [9.17, 15) is 14.9 Å². The standard InChI is InChI=1S/C3H5NO4/c5-2-3(6)1-4(7)8/h2-3,6H,1H2. The van der Waals surface area contributed by atoms with Crippen LogP contribution in [0.3, 0.4) is 0 Å². The molecule has 0 aliphatic rings. The number of aliphatic hydroxyl groups excluding tert-OH is 1. The zero-order valence-electron chi connectivity index (χ0n) is 3.98.